The van der Waals surface area contributed by atoms with Crippen molar-refractivity contribution in [3.8, 4) is 11.5 Å². The molecule has 0 spiro atoms. The van der Waals surface area contributed by atoms with Crippen LogP contribution in [0.5, 0.6) is 11.5 Å². The second kappa shape index (κ2) is 9.89. The third kappa shape index (κ3) is 5.58. The van der Waals surface area contributed by atoms with Gasteiger partial charge in [0.25, 0.3) is 5.91 Å². The standard InChI is InChI=1S/C22H18Br2FNO3/c1-2-28-20-11-15(22(27)26-19-9-8-16(23)12-18(19)25)10-17(24)21(20)29-13-14-6-4-3-5-7-14/h3-12H,2,13H2,1H3,(H,26,27). The fourth-order valence-corrected chi connectivity index (χ4v) is 3.51. The molecular weight excluding hydrogens is 505 g/mol. The summed E-state index contributed by atoms with van der Waals surface area (Å²) >= 11 is 6.65. The van der Waals surface area contributed by atoms with Crippen LogP contribution in [0.1, 0.15) is 22.8 Å². The molecule has 7 heteroatoms. The largest absolute Gasteiger partial charge is 0.490 e. The van der Waals surface area contributed by atoms with E-state index < -0.39 is 11.7 Å². The van der Waals surface area contributed by atoms with Gasteiger partial charge in [0.15, 0.2) is 11.5 Å². The maximum Gasteiger partial charge on any atom is 0.255 e. The van der Waals surface area contributed by atoms with Crippen LogP contribution in [-0.2, 0) is 6.61 Å². The van der Waals surface area contributed by atoms with Crippen molar-refractivity contribution in [3.63, 3.8) is 0 Å². The Balaban J connectivity index is 1.83. The fraction of sp³-hybridized carbons (Fsp3) is 0.136. The number of hydrogen-bond acceptors (Lipinski definition) is 3. The number of nitrogens with one attached hydrogen (secondary N) is 1. The Morgan fingerprint density at radius 2 is 1.79 bits per heavy atom. The van der Waals surface area contributed by atoms with Crippen LogP contribution in [0.2, 0.25) is 0 Å². The molecule has 1 N–H and O–H groups in total. The van der Waals surface area contributed by atoms with Gasteiger partial charge in [-0.2, -0.15) is 0 Å². The van der Waals surface area contributed by atoms with Crippen molar-refractivity contribution in [1.82, 2.24) is 0 Å². The summed E-state index contributed by atoms with van der Waals surface area (Å²) in [5, 5.41) is 2.58. The van der Waals surface area contributed by atoms with E-state index in [1.165, 1.54) is 12.1 Å². The molecule has 150 valence electrons. The summed E-state index contributed by atoms with van der Waals surface area (Å²) in [7, 11) is 0. The average Bonchev–Trinajstić information content (AvgIpc) is 2.70. The molecule has 0 radical (unpaired) electrons. The molecule has 0 bridgehead atoms. The number of carbonyl (C=O) groups is 1. The second-order valence-corrected chi connectivity index (χ2v) is 7.84. The summed E-state index contributed by atoms with van der Waals surface area (Å²) < 4.78 is 26.8. The molecule has 0 aliphatic carbocycles. The number of halogens is 3. The van der Waals surface area contributed by atoms with Crippen molar-refractivity contribution in [3.05, 3.63) is 86.6 Å². The highest BCUT2D eigenvalue weighted by Gasteiger charge is 2.17. The van der Waals surface area contributed by atoms with Gasteiger partial charge >= 0.3 is 0 Å². The van der Waals surface area contributed by atoms with E-state index >= 15 is 0 Å². The molecule has 3 aromatic rings. The van der Waals surface area contributed by atoms with Gasteiger partial charge < -0.3 is 14.8 Å². The van der Waals surface area contributed by atoms with Crippen molar-refractivity contribution >= 4 is 43.5 Å². The molecule has 0 saturated heterocycles. The van der Waals surface area contributed by atoms with E-state index in [1.807, 2.05) is 37.3 Å². The van der Waals surface area contributed by atoms with E-state index in [0.29, 0.717) is 39.2 Å². The van der Waals surface area contributed by atoms with Gasteiger partial charge in [-0.1, -0.05) is 46.3 Å². The number of amides is 1. The molecule has 0 fully saturated rings. The lowest BCUT2D eigenvalue weighted by Crippen LogP contribution is -2.13. The first-order valence-corrected chi connectivity index (χ1v) is 10.5. The maximum absolute atomic E-state index is 14.0. The first kappa shape index (κ1) is 21.3. The monoisotopic (exact) mass is 521 g/mol. The molecule has 0 heterocycles. The highest BCUT2D eigenvalue weighted by Crippen LogP contribution is 2.37. The summed E-state index contributed by atoms with van der Waals surface area (Å²) in [4.78, 5) is 12.6. The van der Waals surface area contributed by atoms with Gasteiger partial charge in [-0.05, 0) is 58.7 Å². The number of rotatable bonds is 7. The van der Waals surface area contributed by atoms with Gasteiger partial charge in [0.1, 0.15) is 12.4 Å². The Morgan fingerprint density at radius 1 is 1.03 bits per heavy atom. The highest BCUT2D eigenvalue weighted by atomic mass is 79.9. The molecular formula is C22H18Br2FNO3. The normalized spacial score (nSPS) is 10.5. The minimum atomic E-state index is -0.528. The van der Waals surface area contributed by atoms with Crippen molar-refractivity contribution in [1.29, 1.82) is 0 Å². The van der Waals surface area contributed by atoms with Gasteiger partial charge in [0.2, 0.25) is 0 Å². The van der Waals surface area contributed by atoms with Crippen LogP contribution in [0.25, 0.3) is 0 Å². The van der Waals surface area contributed by atoms with Crippen molar-refractivity contribution in [2.45, 2.75) is 13.5 Å². The Labute approximate surface area is 185 Å². The summed E-state index contributed by atoms with van der Waals surface area (Å²) in [6.45, 7) is 2.61. The number of anilines is 1. The summed E-state index contributed by atoms with van der Waals surface area (Å²) in [5.41, 5.74) is 1.42. The molecule has 0 aromatic heterocycles. The Bertz CT molecular complexity index is 1010. The van der Waals surface area contributed by atoms with Gasteiger partial charge in [-0.3, -0.25) is 4.79 Å². The summed E-state index contributed by atoms with van der Waals surface area (Å²) in [6, 6.07) is 17.4. The van der Waals surface area contributed by atoms with Crippen LogP contribution in [0.3, 0.4) is 0 Å². The maximum atomic E-state index is 14.0. The SMILES string of the molecule is CCOc1cc(C(=O)Nc2ccc(Br)cc2F)cc(Br)c1OCc1ccccc1. The third-order valence-corrected chi connectivity index (χ3v) is 5.06. The van der Waals surface area contributed by atoms with Crippen molar-refractivity contribution in [2.75, 3.05) is 11.9 Å². The van der Waals surface area contributed by atoms with Gasteiger partial charge in [-0.15, -0.1) is 0 Å². The lowest BCUT2D eigenvalue weighted by molar-refractivity contribution is 0.102. The minimum absolute atomic E-state index is 0.0942. The zero-order valence-corrected chi connectivity index (χ0v) is 18.7. The van der Waals surface area contributed by atoms with Crippen LogP contribution in [0, 0.1) is 5.82 Å². The van der Waals surface area contributed by atoms with E-state index in [2.05, 4.69) is 37.2 Å². The van der Waals surface area contributed by atoms with Crippen LogP contribution < -0.4 is 14.8 Å². The van der Waals surface area contributed by atoms with E-state index in [-0.39, 0.29) is 5.69 Å². The van der Waals surface area contributed by atoms with Gasteiger partial charge in [0.05, 0.1) is 16.8 Å². The topological polar surface area (TPSA) is 47.6 Å². The quantitative estimate of drug-likeness (QED) is 0.381. The predicted octanol–water partition coefficient (Wildman–Crippen LogP) is 6.58. The van der Waals surface area contributed by atoms with Crippen LogP contribution in [0.4, 0.5) is 10.1 Å². The van der Waals surface area contributed by atoms with Crippen LogP contribution >= 0.6 is 31.9 Å². The molecule has 0 atom stereocenters. The fourth-order valence-electron chi connectivity index (χ4n) is 2.62. The number of ether oxygens (including phenoxy) is 2. The summed E-state index contributed by atoms with van der Waals surface area (Å²) in [5.74, 6) is -0.0524. The zero-order valence-electron chi connectivity index (χ0n) is 15.5. The molecule has 0 aliphatic heterocycles. The molecule has 3 aromatic carbocycles. The van der Waals surface area contributed by atoms with E-state index in [0.717, 1.165) is 5.56 Å². The van der Waals surface area contributed by atoms with Crippen LogP contribution in [0.15, 0.2) is 69.6 Å². The Morgan fingerprint density at radius 3 is 2.48 bits per heavy atom. The average molecular weight is 523 g/mol. The smallest absolute Gasteiger partial charge is 0.255 e. The molecule has 0 aliphatic rings. The van der Waals surface area contributed by atoms with E-state index in [4.69, 9.17) is 9.47 Å². The number of carbonyl (C=O) groups excluding carboxylic acids is 1. The second-order valence-electron chi connectivity index (χ2n) is 6.07. The Hall–Kier alpha value is -2.38. The number of benzene rings is 3. The molecule has 29 heavy (non-hydrogen) atoms. The third-order valence-electron chi connectivity index (χ3n) is 3.98. The lowest BCUT2D eigenvalue weighted by atomic mass is 10.1. The van der Waals surface area contributed by atoms with Crippen molar-refractivity contribution < 1.29 is 18.7 Å². The van der Waals surface area contributed by atoms with Crippen LogP contribution in [-0.4, -0.2) is 12.5 Å². The molecule has 3 rings (SSSR count). The van der Waals surface area contributed by atoms with Gasteiger partial charge in [0, 0.05) is 10.0 Å². The Kier molecular flexibility index (Phi) is 7.28. The van der Waals surface area contributed by atoms with E-state index in [1.54, 1.807) is 18.2 Å². The highest BCUT2D eigenvalue weighted by molar-refractivity contribution is 9.10. The number of hydrogen-bond donors (Lipinski definition) is 1. The zero-order chi connectivity index (χ0) is 20.8. The molecule has 0 saturated carbocycles. The van der Waals surface area contributed by atoms with E-state index in [9.17, 15) is 9.18 Å². The minimum Gasteiger partial charge on any atom is -0.490 e. The van der Waals surface area contributed by atoms with Gasteiger partial charge in [-0.25, -0.2) is 4.39 Å². The lowest BCUT2D eigenvalue weighted by Gasteiger charge is -2.16. The summed E-state index contributed by atoms with van der Waals surface area (Å²) in [6.07, 6.45) is 0. The molecule has 0 unspecified atom stereocenters. The molecule has 4 nitrogen and oxygen atoms in total. The first-order valence-electron chi connectivity index (χ1n) is 8.87. The van der Waals surface area contributed by atoms with Crippen molar-refractivity contribution in [2.24, 2.45) is 0 Å². The predicted molar refractivity (Wildman–Crippen MR) is 118 cm³/mol. The molecule has 1 amide bonds. The first-order chi connectivity index (χ1) is 14.0.